The zero-order valence-electron chi connectivity index (χ0n) is 8.72. The molecule has 0 unspecified atom stereocenters. The van der Waals surface area contributed by atoms with Crippen molar-refractivity contribution >= 4 is 28.4 Å². The largest absolute Gasteiger partial charge is 0.435 e. The summed E-state index contributed by atoms with van der Waals surface area (Å²) >= 11 is 5.92. The summed E-state index contributed by atoms with van der Waals surface area (Å²) in [6.07, 6.45) is 1.69. The monoisotopic (exact) mass is 245 g/mol. The van der Waals surface area contributed by atoms with Crippen LogP contribution in [0.1, 0.15) is 0 Å². The van der Waals surface area contributed by atoms with Gasteiger partial charge in [-0.2, -0.15) is 0 Å². The fourth-order valence-corrected chi connectivity index (χ4v) is 1.72. The number of pyridine rings is 1. The summed E-state index contributed by atoms with van der Waals surface area (Å²) in [4.78, 5) is 8.48. The zero-order chi connectivity index (χ0) is 11.8. The second kappa shape index (κ2) is 3.75. The summed E-state index contributed by atoms with van der Waals surface area (Å²) in [6, 6.07) is 8.88. The fourth-order valence-electron chi connectivity index (χ4n) is 1.56. The van der Waals surface area contributed by atoms with Gasteiger partial charge in [0.15, 0.2) is 5.58 Å². The van der Waals surface area contributed by atoms with Gasteiger partial charge in [-0.15, -0.1) is 0 Å². The number of anilines is 1. The van der Waals surface area contributed by atoms with Gasteiger partial charge in [0.25, 0.3) is 0 Å². The van der Waals surface area contributed by atoms with Crippen LogP contribution in [0, 0.1) is 0 Å². The van der Waals surface area contributed by atoms with Crippen molar-refractivity contribution in [1.82, 2.24) is 9.97 Å². The third kappa shape index (κ3) is 1.72. The molecule has 0 bridgehead atoms. The van der Waals surface area contributed by atoms with Crippen molar-refractivity contribution in [2.45, 2.75) is 0 Å². The van der Waals surface area contributed by atoms with Crippen molar-refractivity contribution < 1.29 is 4.42 Å². The minimum atomic E-state index is 0.460. The Morgan fingerprint density at radius 2 is 2.12 bits per heavy atom. The molecule has 0 atom stereocenters. The first-order valence-electron chi connectivity index (χ1n) is 5.01. The van der Waals surface area contributed by atoms with E-state index in [1.54, 1.807) is 18.3 Å². The van der Waals surface area contributed by atoms with E-state index in [1.807, 2.05) is 18.2 Å². The molecule has 2 aromatic heterocycles. The minimum Gasteiger partial charge on any atom is -0.435 e. The number of hydrogen-bond acceptors (Lipinski definition) is 4. The number of aromatic nitrogens is 2. The van der Waals surface area contributed by atoms with Crippen LogP contribution in [0.3, 0.4) is 0 Å². The fraction of sp³-hybridized carbons (Fsp3) is 0. The number of halogens is 1. The SMILES string of the molecule is Nc1cc2oc(-c3ccccn3)nc2cc1Cl. The Morgan fingerprint density at radius 3 is 2.88 bits per heavy atom. The standard InChI is InChI=1S/C12H8ClN3O/c13-7-5-10-11(6-8(7)14)17-12(16-10)9-3-1-2-4-15-9/h1-6H,14H2. The molecule has 84 valence electrons. The summed E-state index contributed by atoms with van der Waals surface area (Å²) in [5, 5.41) is 0.471. The van der Waals surface area contributed by atoms with E-state index in [0.717, 1.165) is 0 Å². The molecule has 0 spiro atoms. The van der Waals surface area contributed by atoms with Crippen LogP contribution in [-0.2, 0) is 0 Å². The number of fused-ring (bicyclic) bond motifs is 1. The van der Waals surface area contributed by atoms with E-state index in [1.165, 1.54) is 0 Å². The van der Waals surface area contributed by atoms with Crippen molar-refractivity contribution in [2.75, 3.05) is 5.73 Å². The lowest BCUT2D eigenvalue weighted by Gasteiger charge is -1.94. The Balaban J connectivity index is 2.21. The van der Waals surface area contributed by atoms with Gasteiger partial charge in [0.2, 0.25) is 5.89 Å². The minimum absolute atomic E-state index is 0.460. The Bertz CT molecular complexity index is 640. The molecule has 17 heavy (non-hydrogen) atoms. The Labute approximate surface area is 102 Å². The van der Waals surface area contributed by atoms with Gasteiger partial charge in [-0.25, -0.2) is 4.98 Å². The molecule has 0 radical (unpaired) electrons. The van der Waals surface area contributed by atoms with Crippen LogP contribution in [0.2, 0.25) is 5.02 Å². The van der Waals surface area contributed by atoms with Gasteiger partial charge >= 0.3 is 0 Å². The lowest BCUT2D eigenvalue weighted by atomic mass is 10.3. The first-order chi connectivity index (χ1) is 8.24. The summed E-state index contributed by atoms with van der Waals surface area (Å²) in [6.45, 7) is 0. The van der Waals surface area contributed by atoms with Gasteiger partial charge in [-0.1, -0.05) is 17.7 Å². The van der Waals surface area contributed by atoms with Gasteiger partial charge in [-0.3, -0.25) is 4.98 Å². The quantitative estimate of drug-likeness (QED) is 0.669. The van der Waals surface area contributed by atoms with Crippen molar-refractivity contribution in [3.8, 4) is 11.6 Å². The molecule has 0 saturated carbocycles. The van der Waals surface area contributed by atoms with E-state index >= 15 is 0 Å². The number of rotatable bonds is 1. The van der Waals surface area contributed by atoms with Crippen molar-refractivity contribution in [1.29, 1.82) is 0 Å². The second-order valence-electron chi connectivity index (χ2n) is 3.58. The number of nitrogen functional groups attached to an aromatic ring is 1. The second-order valence-corrected chi connectivity index (χ2v) is 3.98. The van der Waals surface area contributed by atoms with Crippen LogP contribution in [0.15, 0.2) is 40.9 Å². The van der Waals surface area contributed by atoms with E-state index in [-0.39, 0.29) is 0 Å². The molecular formula is C12H8ClN3O. The number of hydrogen-bond donors (Lipinski definition) is 1. The number of oxazole rings is 1. The van der Waals surface area contributed by atoms with E-state index in [4.69, 9.17) is 21.8 Å². The Kier molecular flexibility index (Phi) is 2.23. The predicted octanol–water partition coefficient (Wildman–Crippen LogP) is 3.13. The maximum absolute atomic E-state index is 5.92. The molecule has 0 aliphatic heterocycles. The summed E-state index contributed by atoms with van der Waals surface area (Å²) < 4.78 is 5.58. The van der Waals surface area contributed by atoms with Gasteiger partial charge in [0.05, 0.1) is 10.7 Å². The average Bonchev–Trinajstić information content (AvgIpc) is 2.74. The van der Waals surface area contributed by atoms with Crippen LogP contribution in [0.5, 0.6) is 0 Å². The van der Waals surface area contributed by atoms with E-state index in [9.17, 15) is 0 Å². The van der Waals surface area contributed by atoms with Gasteiger partial charge in [0, 0.05) is 12.3 Å². The molecule has 0 amide bonds. The topological polar surface area (TPSA) is 64.9 Å². The molecule has 2 heterocycles. The lowest BCUT2D eigenvalue weighted by Crippen LogP contribution is -1.84. The van der Waals surface area contributed by atoms with E-state index in [2.05, 4.69) is 9.97 Å². The zero-order valence-corrected chi connectivity index (χ0v) is 9.48. The first-order valence-corrected chi connectivity index (χ1v) is 5.39. The van der Waals surface area contributed by atoms with Crippen LogP contribution >= 0.6 is 11.6 Å². The van der Waals surface area contributed by atoms with Crippen molar-refractivity contribution in [3.63, 3.8) is 0 Å². The van der Waals surface area contributed by atoms with Crippen LogP contribution in [0.25, 0.3) is 22.7 Å². The highest BCUT2D eigenvalue weighted by Gasteiger charge is 2.10. The number of benzene rings is 1. The van der Waals surface area contributed by atoms with Gasteiger partial charge < -0.3 is 10.2 Å². The molecule has 0 aliphatic rings. The Hall–Kier alpha value is -2.07. The molecule has 4 nitrogen and oxygen atoms in total. The highest BCUT2D eigenvalue weighted by Crippen LogP contribution is 2.28. The average molecular weight is 246 g/mol. The van der Waals surface area contributed by atoms with Crippen LogP contribution in [-0.4, -0.2) is 9.97 Å². The summed E-state index contributed by atoms with van der Waals surface area (Å²) in [5.74, 6) is 0.460. The maximum Gasteiger partial charge on any atom is 0.246 e. The van der Waals surface area contributed by atoms with Gasteiger partial charge in [0.1, 0.15) is 11.2 Å². The molecular weight excluding hydrogens is 238 g/mol. The number of nitrogens with two attached hydrogens (primary N) is 1. The lowest BCUT2D eigenvalue weighted by molar-refractivity contribution is 0.617. The molecule has 3 aromatic rings. The number of nitrogens with zero attached hydrogens (tertiary/aromatic N) is 2. The molecule has 1 aromatic carbocycles. The van der Waals surface area contributed by atoms with Crippen molar-refractivity contribution in [3.05, 3.63) is 41.6 Å². The first kappa shape index (κ1) is 10.1. The van der Waals surface area contributed by atoms with E-state index < -0.39 is 0 Å². The molecule has 0 saturated heterocycles. The molecule has 5 heteroatoms. The maximum atomic E-state index is 5.92. The highest BCUT2D eigenvalue weighted by molar-refractivity contribution is 6.33. The molecule has 3 rings (SSSR count). The molecule has 0 fully saturated rings. The third-order valence-electron chi connectivity index (χ3n) is 2.39. The predicted molar refractivity (Wildman–Crippen MR) is 66.7 cm³/mol. The highest BCUT2D eigenvalue weighted by atomic mass is 35.5. The smallest absolute Gasteiger partial charge is 0.246 e. The van der Waals surface area contributed by atoms with Crippen molar-refractivity contribution in [2.24, 2.45) is 0 Å². The molecule has 2 N–H and O–H groups in total. The molecule has 0 aliphatic carbocycles. The Morgan fingerprint density at radius 1 is 1.24 bits per heavy atom. The van der Waals surface area contributed by atoms with E-state index in [0.29, 0.717) is 33.4 Å². The van der Waals surface area contributed by atoms with Crippen LogP contribution < -0.4 is 5.73 Å². The normalized spacial score (nSPS) is 10.9. The summed E-state index contributed by atoms with van der Waals surface area (Å²) in [7, 11) is 0. The summed E-state index contributed by atoms with van der Waals surface area (Å²) in [5.41, 5.74) is 8.13. The van der Waals surface area contributed by atoms with Crippen LogP contribution in [0.4, 0.5) is 5.69 Å². The van der Waals surface area contributed by atoms with Gasteiger partial charge in [-0.05, 0) is 18.2 Å². The third-order valence-corrected chi connectivity index (χ3v) is 2.72.